The zero-order valence-electron chi connectivity index (χ0n) is 48.3. The number of nitrogens with zero attached hydrogens (tertiary/aromatic N) is 4. The fraction of sp³-hybridized carbons (Fsp3) is 0.594. The predicted octanol–water partition coefficient (Wildman–Crippen LogP) is 7.84. The summed E-state index contributed by atoms with van der Waals surface area (Å²) < 4.78 is 45.2. The molecule has 16 heteroatoms. The highest BCUT2D eigenvalue weighted by atomic mass is 16.6. The van der Waals surface area contributed by atoms with E-state index in [-0.39, 0.29) is 79.6 Å². The van der Waals surface area contributed by atoms with Crippen LogP contribution >= 0.6 is 0 Å². The van der Waals surface area contributed by atoms with Crippen LogP contribution in [-0.4, -0.2) is 172 Å². The third-order valence-corrected chi connectivity index (χ3v) is 15.6. The predicted molar refractivity (Wildman–Crippen MR) is 305 cm³/mol. The van der Waals surface area contributed by atoms with Gasteiger partial charge in [-0.15, -0.1) is 0 Å². The number of aliphatic hydroxyl groups is 4. The molecule has 4 aromatic carbocycles. The van der Waals surface area contributed by atoms with Crippen LogP contribution in [0.5, 0.6) is 23.0 Å². The normalized spacial score (nSPS) is 21.2. The minimum atomic E-state index is -0.804. The molecule has 4 aromatic rings. The molecule has 0 bridgehead atoms. The lowest BCUT2D eigenvalue weighted by Crippen LogP contribution is -2.53. The van der Waals surface area contributed by atoms with Gasteiger partial charge in [-0.05, 0) is 101 Å². The van der Waals surface area contributed by atoms with Crippen LogP contribution in [-0.2, 0) is 29.8 Å². The molecule has 1 saturated carbocycles. The maximum absolute atomic E-state index is 11.5. The van der Waals surface area contributed by atoms with E-state index in [0.717, 1.165) is 41.5 Å². The van der Waals surface area contributed by atoms with E-state index in [1.165, 1.54) is 0 Å². The van der Waals surface area contributed by atoms with Crippen molar-refractivity contribution in [2.45, 2.75) is 134 Å². The number of aliphatic hydroxyl groups excluding tert-OH is 4. The first kappa shape index (κ1) is 62.3. The zero-order valence-corrected chi connectivity index (χ0v) is 48.3. The second kappa shape index (κ2) is 29.1. The molecule has 0 spiro atoms. The van der Waals surface area contributed by atoms with Crippen LogP contribution in [0.2, 0.25) is 0 Å². The van der Waals surface area contributed by atoms with E-state index < -0.39 is 24.4 Å². The van der Waals surface area contributed by atoms with Gasteiger partial charge in [0.05, 0.1) is 51.8 Å². The molecule has 0 aromatic heterocycles. The molecule has 1 aliphatic carbocycles. The van der Waals surface area contributed by atoms with Crippen LogP contribution in [0.15, 0.2) is 97.1 Å². The van der Waals surface area contributed by atoms with Gasteiger partial charge >= 0.3 is 0 Å². The molecule has 8 atom stereocenters. The summed E-state index contributed by atoms with van der Waals surface area (Å²) in [6.45, 7) is 21.1. The SMILES string of the molecule is CC1(C)CC(N(CCC#N)CC(O)COc2ccc(C(C)(C)c3ccc(OCC(O)COCC4CO4)cc3)cc2)CC(C)(CN(CCC#N)CC(O)COc2ccc(C(C)(C)c3ccc(OCC(O)COCC4CO4)cc3)cc2)C1. The van der Waals surface area contributed by atoms with Crippen LogP contribution in [0.1, 0.15) is 103 Å². The van der Waals surface area contributed by atoms with Gasteiger partial charge in [-0.3, -0.25) is 9.80 Å². The summed E-state index contributed by atoms with van der Waals surface area (Å²) in [5.41, 5.74) is 3.50. The van der Waals surface area contributed by atoms with Crippen LogP contribution in [0.3, 0.4) is 0 Å². The van der Waals surface area contributed by atoms with Crippen molar-refractivity contribution in [3.8, 4) is 35.1 Å². The third kappa shape index (κ3) is 19.7. The van der Waals surface area contributed by atoms with Crippen molar-refractivity contribution in [1.29, 1.82) is 10.5 Å². The largest absolute Gasteiger partial charge is 0.491 e. The van der Waals surface area contributed by atoms with E-state index in [9.17, 15) is 30.9 Å². The summed E-state index contributed by atoms with van der Waals surface area (Å²) >= 11 is 0. The molecule has 2 heterocycles. The summed E-state index contributed by atoms with van der Waals surface area (Å²) in [6, 6.07) is 36.4. The molecular weight excluding hydrogens is 1020 g/mol. The monoisotopic (exact) mass is 1100 g/mol. The lowest BCUT2D eigenvalue weighted by molar-refractivity contribution is -0.0283. The fourth-order valence-corrected chi connectivity index (χ4v) is 11.3. The van der Waals surface area contributed by atoms with E-state index in [4.69, 9.17) is 37.9 Å². The van der Waals surface area contributed by atoms with Crippen molar-refractivity contribution in [2.75, 3.05) is 98.8 Å². The number of hydrogen-bond acceptors (Lipinski definition) is 16. The second-order valence-corrected chi connectivity index (χ2v) is 24.5. The van der Waals surface area contributed by atoms with Crippen molar-refractivity contribution >= 4 is 0 Å². The first-order chi connectivity index (χ1) is 38.2. The molecule has 4 N–H and O–H groups in total. The van der Waals surface area contributed by atoms with Crippen LogP contribution in [0.25, 0.3) is 0 Å². The summed E-state index contributed by atoms with van der Waals surface area (Å²) in [7, 11) is 0. The van der Waals surface area contributed by atoms with Gasteiger partial charge in [0.25, 0.3) is 0 Å². The average Bonchev–Trinajstić information content (AvgIpc) is 4.40. The number of rotatable bonds is 35. The lowest BCUT2D eigenvalue weighted by atomic mass is 9.62. The molecule has 436 valence electrons. The Labute approximate surface area is 475 Å². The van der Waals surface area contributed by atoms with Crippen molar-refractivity contribution in [2.24, 2.45) is 10.8 Å². The summed E-state index contributed by atoms with van der Waals surface area (Å²) in [4.78, 5) is 4.46. The smallest absolute Gasteiger partial charge is 0.119 e. The van der Waals surface area contributed by atoms with E-state index in [1.54, 1.807) is 0 Å². The number of nitriles is 2. The van der Waals surface area contributed by atoms with Gasteiger partial charge in [0.1, 0.15) is 86.0 Å². The first-order valence-corrected chi connectivity index (χ1v) is 28.5. The second-order valence-electron chi connectivity index (χ2n) is 24.5. The lowest BCUT2D eigenvalue weighted by Gasteiger charge is -2.51. The zero-order chi connectivity index (χ0) is 57.3. The Kier molecular flexibility index (Phi) is 22.6. The van der Waals surface area contributed by atoms with Gasteiger partial charge in [0.15, 0.2) is 0 Å². The molecule has 3 fully saturated rings. The Bertz CT molecular complexity index is 2560. The van der Waals surface area contributed by atoms with Gasteiger partial charge in [0.2, 0.25) is 0 Å². The molecule has 80 heavy (non-hydrogen) atoms. The Morgan fingerprint density at radius 3 is 1.27 bits per heavy atom. The molecule has 16 nitrogen and oxygen atoms in total. The van der Waals surface area contributed by atoms with E-state index in [1.807, 2.05) is 97.1 Å². The van der Waals surface area contributed by atoms with Gasteiger partial charge < -0.3 is 58.3 Å². The molecule has 8 unspecified atom stereocenters. The molecule has 7 rings (SSSR count). The van der Waals surface area contributed by atoms with Crippen LogP contribution in [0, 0.1) is 33.5 Å². The maximum atomic E-state index is 11.5. The molecular formula is C64H88N4O12. The molecule has 0 amide bonds. The molecule has 2 saturated heterocycles. The molecule has 2 aliphatic heterocycles. The van der Waals surface area contributed by atoms with Crippen molar-refractivity contribution in [3.05, 3.63) is 119 Å². The van der Waals surface area contributed by atoms with Gasteiger partial charge in [0, 0.05) is 62.4 Å². The highest BCUT2D eigenvalue weighted by Crippen LogP contribution is 2.48. The molecule has 3 aliphatic rings. The minimum absolute atomic E-state index is 0.0490. The minimum Gasteiger partial charge on any atom is -0.491 e. The fourth-order valence-electron chi connectivity index (χ4n) is 11.3. The highest BCUT2D eigenvalue weighted by Gasteiger charge is 2.44. The number of benzene rings is 4. The van der Waals surface area contributed by atoms with Crippen LogP contribution < -0.4 is 18.9 Å². The van der Waals surface area contributed by atoms with E-state index in [2.05, 4.69) is 70.4 Å². The third-order valence-electron chi connectivity index (χ3n) is 15.6. The number of epoxide rings is 2. The van der Waals surface area contributed by atoms with Crippen LogP contribution in [0.4, 0.5) is 0 Å². The van der Waals surface area contributed by atoms with E-state index >= 15 is 0 Å². The standard InChI is InChI=1S/C64H88N4O12/c1-61(2)30-50(68(29-9-27-66)33-52(70)37-76-56-20-12-47(13-21-56)63(5,6)49-16-24-58(25-17-49)78-39-54(72)35-74-41-60-43-80-60)31-64(7,44-61)45-67(28-8-26-65)32-51(69)36-75-55-18-10-46(11-19-55)62(3,4)48-14-22-57(23-15-48)77-38-53(71)34-73-40-59-42-79-59/h10-25,50-54,59-60,69-72H,8-9,28-45H2,1-7H3. The molecule has 0 radical (unpaired) electrons. The topological polar surface area (TPSA) is 215 Å². The number of ether oxygens (including phenoxy) is 8. The van der Waals surface area contributed by atoms with Gasteiger partial charge in [-0.2, -0.15) is 10.5 Å². The summed E-state index contributed by atoms with van der Waals surface area (Å²) in [5.74, 6) is 2.64. The quantitative estimate of drug-likeness (QED) is 0.0323. The summed E-state index contributed by atoms with van der Waals surface area (Å²) in [6.07, 6.45) is 0.551. The van der Waals surface area contributed by atoms with Crippen molar-refractivity contribution < 1.29 is 58.3 Å². The maximum Gasteiger partial charge on any atom is 0.119 e. The highest BCUT2D eigenvalue weighted by molar-refractivity contribution is 5.43. The van der Waals surface area contributed by atoms with Crippen molar-refractivity contribution in [1.82, 2.24) is 9.80 Å². The Morgan fingerprint density at radius 2 is 0.900 bits per heavy atom. The number of hydrogen-bond donors (Lipinski definition) is 4. The van der Waals surface area contributed by atoms with Gasteiger partial charge in [-0.1, -0.05) is 97.0 Å². The Balaban J connectivity index is 0.875. The Hall–Kier alpha value is -5.34. The van der Waals surface area contributed by atoms with Crippen molar-refractivity contribution in [3.63, 3.8) is 0 Å². The average molecular weight is 1110 g/mol. The first-order valence-electron chi connectivity index (χ1n) is 28.5. The van der Waals surface area contributed by atoms with E-state index in [0.29, 0.717) is 95.0 Å². The summed E-state index contributed by atoms with van der Waals surface area (Å²) in [5, 5.41) is 62.8. The Morgan fingerprint density at radius 1 is 0.537 bits per heavy atom. The van der Waals surface area contributed by atoms with Gasteiger partial charge in [-0.25, -0.2) is 0 Å².